The van der Waals surface area contributed by atoms with Crippen LogP contribution < -0.4 is 10.6 Å². The maximum Gasteiger partial charge on any atom is 0.356 e. The molecule has 0 radical (unpaired) electrons. The minimum Gasteiger partial charge on any atom is -0.448 e. The van der Waals surface area contributed by atoms with E-state index in [-0.39, 0.29) is 23.7 Å². The van der Waals surface area contributed by atoms with Gasteiger partial charge < -0.3 is 25.3 Å². The lowest BCUT2D eigenvalue weighted by atomic mass is 9.77. The molecule has 1 saturated heterocycles. The van der Waals surface area contributed by atoms with Crippen molar-refractivity contribution in [2.45, 2.75) is 23.1 Å². The van der Waals surface area contributed by atoms with Crippen molar-refractivity contribution >= 4 is 51.7 Å². The summed E-state index contributed by atoms with van der Waals surface area (Å²) in [5.41, 5.74) is 4.28. The Morgan fingerprint density at radius 3 is 1.89 bits per heavy atom. The molecule has 61 heavy (non-hydrogen) atoms. The minimum absolute atomic E-state index is 0.0561. The summed E-state index contributed by atoms with van der Waals surface area (Å²) in [6, 6.07) is 48.0. The van der Waals surface area contributed by atoms with Gasteiger partial charge in [0.25, 0.3) is 11.8 Å². The number of rotatable bonds is 15. The lowest BCUT2D eigenvalue weighted by Gasteiger charge is -2.49. The van der Waals surface area contributed by atoms with Gasteiger partial charge in [0, 0.05) is 11.1 Å². The molecule has 0 saturated carbocycles. The van der Waals surface area contributed by atoms with E-state index in [2.05, 4.69) is 52.2 Å². The number of carbonyl (C=O) groups excluding carboxylic acids is 3. The number of hydrogen-bond donors (Lipinski definition) is 3. The third-order valence-electron chi connectivity index (χ3n) is 10.4. The molecular formula is C48H41N5O6S2. The number of anilines is 1. The van der Waals surface area contributed by atoms with Crippen LogP contribution in [0.2, 0.25) is 0 Å². The van der Waals surface area contributed by atoms with Crippen molar-refractivity contribution in [3.63, 3.8) is 0 Å². The number of thioether (sulfide) groups is 1. The Bertz CT molecular complexity index is 2430. The average molecular weight is 848 g/mol. The van der Waals surface area contributed by atoms with E-state index in [1.54, 1.807) is 11.5 Å². The van der Waals surface area contributed by atoms with Gasteiger partial charge in [0.05, 0.1) is 6.61 Å². The van der Waals surface area contributed by atoms with Crippen LogP contribution in [0, 0.1) is 0 Å². The fourth-order valence-electron chi connectivity index (χ4n) is 7.59. The number of benzene rings is 5. The number of hydrogen-bond acceptors (Lipinski definition) is 11. The van der Waals surface area contributed by atoms with Crippen molar-refractivity contribution in [1.82, 2.24) is 15.2 Å². The lowest BCUT2D eigenvalue weighted by molar-refractivity contribution is -0.154. The number of nitrogens with zero attached hydrogens (tertiary/aromatic N) is 3. The summed E-state index contributed by atoms with van der Waals surface area (Å²) < 4.78 is 6.21. The van der Waals surface area contributed by atoms with E-state index in [4.69, 9.17) is 14.6 Å². The van der Waals surface area contributed by atoms with E-state index in [1.807, 2.05) is 115 Å². The van der Waals surface area contributed by atoms with E-state index < -0.39 is 40.8 Å². The molecule has 13 heteroatoms. The van der Waals surface area contributed by atoms with Gasteiger partial charge >= 0.3 is 5.97 Å². The van der Waals surface area contributed by atoms with Gasteiger partial charge in [-0.05, 0) is 33.4 Å². The van der Waals surface area contributed by atoms with Crippen LogP contribution in [0.15, 0.2) is 186 Å². The molecule has 2 atom stereocenters. The highest BCUT2D eigenvalue weighted by molar-refractivity contribution is 8.00. The number of fused-ring (bicyclic) bond motifs is 1. The molecule has 0 spiro atoms. The van der Waals surface area contributed by atoms with Crippen LogP contribution in [-0.2, 0) is 29.5 Å². The number of nitrogens with one attached hydrogen (secondary N) is 2. The molecule has 1 aromatic heterocycles. The number of aliphatic hydroxyl groups excluding tert-OH is 1. The number of allylic oxidation sites excluding steroid dienone is 1. The molecule has 3 N–H and O–H groups in total. The monoisotopic (exact) mass is 847 g/mol. The van der Waals surface area contributed by atoms with Gasteiger partial charge in [-0.3, -0.25) is 14.5 Å². The molecule has 3 heterocycles. The first kappa shape index (κ1) is 41.0. The second kappa shape index (κ2) is 18.6. The summed E-state index contributed by atoms with van der Waals surface area (Å²) in [7, 11) is 1.33. The summed E-state index contributed by atoms with van der Waals surface area (Å²) in [5, 5.41) is 21.8. The fourth-order valence-corrected chi connectivity index (χ4v) is 9.66. The molecule has 11 nitrogen and oxygen atoms in total. The van der Waals surface area contributed by atoms with E-state index >= 15 is 0 Å². The van der Waals surface area contributed by atoms with E-state index in [0.29, 0.717) is 16.5 Å². The standard InChI is InChI=1S/C48H41N5O6S2/c1-58-52-39(38-31-61-47(49-38)51-48(35-23-11-4-12-24-35,36-25-13-5-14-26-36)37-27-15-6-16-28-37)43(55)50-40-44(56)53-41(34(22-17-29-54)30-60-45(40)53)46(57)59-42(32-18-7-2-8-19-32)33-20-9-3-10-21-33/h2-28,31,40,42,45,54H,29-30H2,1H3,(H,49,51)(H,50,55)/b22-17+,52-39?/t40?,45-/m1/s1. The van der Waals surface area contributed by atoms with Gasteiger partial charge in [0.1, 0.15) is 35.5 Å². The van der Waals surface area contributed by atoms with Crippen LogP contribution in [-0.4, -0.2) is 69.4 Å². The lowest BCUT2D eigenvalue weighted by Crippen LogP contribution is -2.71. The zero-order valence-corrected chi connectivity index (χ0v) is 34.6. The van der Waals surface area contributed by atoms with Gasteiger partial charge in [0.15, 0.2) is 16.9 Å². The topological polar surface area (TPSA) is 142 Å². The third-order valence-corrected chi connectivity index (χ3v) is 12.5. The van der Waals surface area contributed by atoms with Crippen molar-refractivity contribution in [1.29, 1.82) is 0 Å². The summed E-state index contributed by atoms with van der Waals surface area (Å²) in [4.78, 5) is 53.7. The number of amides is 2. The van der Waals surface area contributed by atoms with Gasteiger partial charge in [-0.15, -0.1) is 23.1 Å². The maximum atomic E-state index is 14.2. The van der Waals surface area contributed by atoms with E-state index in [9.17, 15) is 19.5 Å². The quantitative estimate of drug-likeness (QED) is 0.0316. The van der Waals surface area contributed by atoms with Gasteiger partial charge in [-0.1, -0.05) is 169 Å². The first-order valence-corrected chi connectivity index (χ1v) is 21.4. The van der Waals surface area contributed by atoms with Crippen molar-refractivity contribution < 1.29 is 29.1 Å². The molecule has 2 aliphatic heterocycles. The number of aliphatic hydroxyl groups is 1. The molecule has 5 aromatic carbocycles. The molecular weight excluding hydrogens is 807 g/mol. The summed E-state index contributed by atoms with van der Waals surface area (Å²) in [6.45, 7) is -0.260. The number of thiazole rings is 1. The molecule has 306 valence electrons. The van der Waals surface area contributed by atoms with Gasteiger partial charge in [0.2, 0.25) is 0 Å². The summed E-state index contributed by atoms with van der Waals surface area (Å²) in [5.74, 6) is -1.57. The number of oxime groups is 1. The molecule has 2 amide bonds. The average Bonchev–Trinajstić information content (AvgIpc) is 3.79. The Morgan fingerprint density at radius 1 is 0.852 bits per heavy atom. The number of aromatic nitrogens is 1. The van der Waals surface area contributed by atoms with Crippen LogP contribution in [0.25, 0.3) is 0 Å². The first-order valence-electron chi connectivity index (χ1n) is 19.5. The highest BCUT2D eigenvalue weighted by atomic mass is 32.2. The Balaban J connectivity index is 1.05. The molecule has 0 bridgehead atoms. The van der Waals surface area contributed by atoms with Gasteiger partial charge in [-0.25, -0.2) is 9.78 Å². The Labute approximate surface area is 361 Å². The summed E-state index contributed by atoms with van der Waals surface area (Å²) in [6.07, 6.45) is 2.37. The Morgan fingerprint density at radius 2 is 1.38 bits per heavy atom. The second-order valence-electron chi connectivity index (χ2n) is 14.1. The molecule has 2 aliphatic rings. The molecule has 1 unspecified atom stereocenters. The van der Waals surface area contributed by atoms with Crippen molar-refractivity contribution in [2.24, 2.45) is 5.16 Å². The molecule has 1 fully saturated rings. The normalized spacial score (nSPS) is 16.5. The third kappa shape index (κ3) is 8.35. The van der Waals surface area contributed by atoms with Crippen molar-refractivity contribution in [3.8, 4) is 0 Å². The van der Waals surface area contributed by atoms with Gasteiger partial charge in [-0.2, -0.15) is 0 Å². The summed E-state index contributed by atoms with van der Waals surface area (Å²) >= 11 is 2.68. The number of carbonyl (C=O) groups is 3. The van der Waals surface area contributed by atoms with Crippen LogP contribution in [0.3, 0.4) is 0 Å². The second-order valence-corrected chi connectivity index (χ2v) is 16.0. The van der Waals surface area contributed by atoms with Crippen LogP contribution in [0.4, 0.5) is 5.13 Å². The van der Waals surface area contributed by atoms with Crippen LogP contribution in [0.5, 0.6) is 0 Å². The number of esters is 1. The molecule has 8 rings (SSSR count). The van der Waals surface area contributed by atoms with Crippen LogP contribution in [0.1, 0.15) is 39.6 Å². The van der Waals surface area contributed by atoms with E-state index in [1.165, 1.54) is 41.2 Å². The van der Waals surface area contributed by atoms with E-state index in [0.717, 1.165) is 27.8 Å². The number of β-lactam (4-membered cyclic amide) rings is 1. The largest absolute Gasteiger partial charge is 0.448 e. The molecule has 6 aromatic rings. The Kier molecular flexibility index (Phi) is 12.5. The van der Waals surface area contributed by atoms with Crippen LogP contribution >= 0.6 is 23.1 Å². The van der Waals surface area contributed by atoms with Crippen molar-refractivity contribution in [3.05, 3.63) is 214 Å². The smallest absolute Gasteiger partial charge is 0.356 e. The number of ether oxygens (including phenoxy) is 1. The maximum absolute atomic E-state index is 14.2. The first-order chi connectivity index (χ1) is 29.9. The van der Waals surface area contributed by atoms with Crippen molar-refractivity contribution in [2.75, 3.05) is 24.8 Å². The molecule has 0 aliphatic carbocycles. The Hall–Kier alpha value is -6.80. The minimum atomic E-state index is -0.997. The SMILES string of the molecule is CON=C(C(=O)NC1C(=O)N2C(C(=O)OC(c3ccccc3)c3ccccc3)=C(/C=C/CO)CS[C@H]12)c1csc(NC(c2ccccc2)(c2ccccc2)c2ccccc2)n1. The predicted molar refractivity (Wildman–Crippen MR) is 238 cm³/mol. The highest BCUT2D eigenvalue weighted by Gasteiger charge is 2.55. The highest BCUT2D eigenvalue weighted by Crippen LogP contribution is 2.43. The fraction of sp³-hybridized carbons (Fsp3) is 0.146. The predicted octanol–water partition coefficient (Wildman–Crippen LogP) is 7.43. The zero-order chi connectivity index (χ0) is 42.2. The zero-order valence-electron chi connectivity index (χ0n) is 33.0.